The molecule has 3 aromatic rings. The maximum atomic E-state index is 12.0. The van der Waals surface area contributed by atoms with Gasteiger partial charge in [0.1, 0.15) is 11.3 Å². The van der Waals surface area contributed by atoms with E-state index in [-0.39, 0.29) is 18.1 Å². The van der Waals surface area contributed by atoms with Crippen molar-refractivity contribution in [1.29, 1.82) is 0 Å². The van der Waals surface area contributed by atoms with Crippen LogP contribution in [-0.4, -0.2) is 29.1 Å². The van der Waals surface area contributed by atoms with E-state index in [4.69, 9.17) is 9.15 Å². The van der Waals surface area contributed by atoms with Gasteiger partial charge in [-0.05, 0) is 18.2 Å². The van der Waals surface area contributed by atoms with Crippen molar-refractivity contribution >= 4 is 50.5 Å². The minimum atomic E-state index is -0.498. The van der Waals surface area contributed by atoms with E-state index in [1.807, 2.05) is 24.3 Å². The van der Waals surface area contributed by atoms with E-state index in [0.29, 0.717) is 20.8 Å². The minimum absolute atomic E-state index is 0.0239. The molecule has 1 aromatic heterocycles. The molecule has 122 valence electrons. The van der Waals surface area contributed by atoms with E-state index in [0.717, 1.165) is 17.3 Å². The van der Waals surface area contributed by atoms with Gasteiger partial charge in [-0.25, -0.2) is 4.98 Å². The van der Waals surface area contributed by atoms with Crippen molar-refractivity contribution in [3.05, 3.63) is 58.6 Å². The molecular formula is C17H12BrNO4S. The number of ether oxygens (including phenoxy) is 1. The van der Waals surface area contributed by atoms with Crippen LogP contribution in [0.25, 0.3) is 11.1 Å². The molecule has 0 aliphatic heterocycles. The second-order valence-electron chi connectivity index (χ2n) is 4.80. The van der Waals surface area contributed by atoms with E-state index >= 15 is 0 Å². The Morgan fingerprint density at radius 3 is 2.67 bits per heavy atom. The summed E-state index contributed by atoms with van der Waals surface area (Å²) in [4.78, 5) is 28.0. The molecule has 0 fully saturated rings. The number of thioether (sulfide) groups is 1. The summed E-state index contributed by atoms with van der Waals surface area (Å²) in [5.74, 6) is -0.735. The number of hydrogen-bond acceptors (Lipinski definition) is 6. The van der Waals surface area contributed by atoms with E-state index in [1.54, 1.807) is 24.3 Å². The lowest BCUT2D eigenvalue weighted by atomic mass is 10.1. The number of Topliss-reactive ketones (excluding diaryl/α,β-unsaturated/α-hetero) is 1. The summed E-state index contributed by atoms with van der Waals surface area (Å²) in [7, 11) is 0. The number of hydrogen-bond donors (Lipinski definition) is 0. The maximum Gasteiger partial charge on any atom is 0.316 e. The molecule has 0 atom stereocenters. The SMILES string of the molecule is O=C(CSc1nc2ccccc2o1)OCC(=O)c1ccccc1Br. The molecule has 24 heavy (non-hydrogen) atoms. The Morgan fingerprint density at radius 1 is 1.12 bits per heavy atom. The summed E-state index contributed by atoms with van der Waals surface area (Å²) in [6, 6.07) is 14.3. The van der Waals surface area contributed by atoms with Crippen molar-refractivity contribution in [2.24, 2.45) is 0 Å². The Morgan fingerprint density at radius 2 is 1.88 bits per heavy atom. The van der Waals surface area contributed by atoms with Crippen molar-refractivity contribution in [2.45, 2.75) is 5.22 Å². The highest BCUT2D eigenvalue weighted by molar-refractivity contribution is 9.10. The van der Waals surface area contributed by atoms with Gasteiger partial charge in [-0.15, -0.1) is 0 Å². The van der Waals surface area contributed by atoms with Crippen LogP contribution in [0.1, 0.15) is 10.4 Å². The normalized spacial score (nSPS) is 10.7. The van der Waals surface area contributed by atoms with Crippen molar-refractivity contribution in [3.8, 4) is 0 Å². The Bertz CT molecular complexity index is 860. The number of oxazole rings is 1. The molecule has 0 unspecified atom stereocenters. The summed E-state index contributed by atoms with van der Waals surface area (Å²) in [6.07, 6.45) is 0. The summed E-state index contributed by atoms with van der Waals surface area (Å²) < 4.78 is 11.2. The van der Waals surface area contributed by atoms with Crippen LogP contribution in [0.2, 0.25) is 0 Å². The van der Waals surface area contributed by atoms with Gasteiger partial charge in [0, 0.05) is 10.0 Å². The van der Waals surface area contributed by atoms with Gasteiger partial charge >= 0.3 is 5.97 Å². The first-order valence-electron chi connectivity index (χ1n) is 7.05. The Labute approximate surface area is 150 Å². The zero-order valence-corrected chi connectivity index (χ0v) is 14.8. The number of halogens is 1. The molecule has 0 saturated carbocycles. The highest BCUT2D eigenvalue weighted by atomic mass is 79.9. The second kappa shape index (κ2) is 7.63. The van der Waals surface area contributed by atoms with Gasteiger partial charge in [-0.1, -0.05) is 58.0 Å². The number of benzene rings is 2. The number of aromatic nitrogens is 1. The molecule has 0 amide bonds. The highest BCUT2D eigenvalue weighted by Gasteiger charge is 2.14. The van der Waals surface area contributed by atoms with Crippen LogP contribution in [0.3, 0.4) is 0 Å². The van der Waals surface area contributed by atoms with E-state index < -0.39 is 5.97 Å². The molecule has 0 aliphatic rings. The smallest absolute Gasteiger partial charge is 0.316 e. The van der Waals surface area contributed by atoms with Crippen LogP contribution in [0, 0.1) is 0 Å². The predicted octanol–water partition coefficient (Wildman–Crippen LogP) is 4.11. The molecule has 7 heteroatoms. The van der Waals surface area contributed by atoms with Crippen LogP contribution >= 0.6 is 27.7 Å². The van der Waals surface area contributed by atoms with E-state index in [2.05, 4.69) is 20.9 Å². The highest BCUT2D eigenvalue weighted by Crippen LogP contribution is 2.23. The zero-order chi connectivity index (χ0) is 16.9. The van der Waals surface area contributed by atoms with Crippen LogP contribution in [-0.2, 0) is 9.53 Å². The van der Waals surface area contributed by atoms with Crippen LogP contribution < -0.4 is 0 Å². The minimum Gasteiger partial charge on any atom is -0.457 e. The van der Waals surface area contributed by atoms with E-state index in [9.17, 15) is 9.59 Å². The Kier molecular flexibility index (Phi) is 5.32. The molecule has 0 saturated heterocycles. The lowest BCUT2D eigenvalue weighted by molar-refractivity contribution is -0.139. The predicted molar refractivity (Wildman–Crippen MR) is 94.2 cm³/mol. The molecule has 5 nitrogen and oxygen atoms in total. The summed E-state index contributed by atoms with van der Waals surface area (Å²) in [5, 5.41) is 0.394. The van der Waals surface area contributed by atoms with Gasteiger partial charge in [0.05, 0.1) is 0 Å². The van der Waals surface area contributed by atoms with Crippen molar-refractivity contribution in [2.75, 3.05) is 12.4 Å². The van der Waals surface area contributed by atoms with E-state index in [1.165, 1.54) is 0 Å². The Balaban J connectivity index is 1.51. The number of carbonyl (C=O) groups excluding carboxylic acids is 2. The zero-order valence-electron chi connectivity index (χ0n) is 12.4. The first-order chi connectivity index (χ1) is 11.6. The standard InChI is InChI=1S/C17H12BrNO4S/c18-12-6-2-1-5-11(12)14(20)9-22-16(21)10-24-17-19-13-7-3-4-8-15(13)23-17/h1-8H,9-10H2. The first-order valence-corrected chi connectivity index (χ1v) is 8.83. The number of carbonyl (C=O) groups is 2. The first kappa shape index (κ1) is 16.7. The molecule has 3 rings (SSSR count). The van der Waals surface area contributed by atoms with Crippen molar-refractivity contribution < 1.29 is 18.7 Å². The topological polar surface area (TPSA) is 69.4 Å². The summed E-state index contributed by atoms with van der Waals surface area (Å²) in [6.45, 7) is -0.296. The molecule has 1 heterocycles. The third-order valence-electron chi connectivity index (χ3n) is 3.13. The number of esters is 1. The number of ketones is 1. The third-order valence-corrected chi connectivity index (χ3v) is 4.62. The summed E-state index contributed by atoms with van der Waals surface area (Å²) >= 11 is 4.43. The Hall–Kier alpha value is -2.12. The second-order valence-corrected chi connectivity index (χ2v) is 6.58. The molecule has 0 N–H and O–H groups in total. The average molecular weight is 406 g/mol. The molecule has 0 radical (unpaired) electrons. The fourth-order valence-electron chi connectivity index (χ4n) is 1.99. The van der Waals surface area contributed by atoms with Gasteiger partial charge in [0.25, 0.3) is 5.22 Å². The average Bonchev–Trinajstić information content (AvgIpc) is 3.01. The molecular weight excluding hydrogens is 394 g/mol. The molecule has 0 aliphatic carbocycles. The number of fused-ring (bicyclic) bond motifs is 1. The van der Waals surface area contributed by atoms with Crippen LogP contribution in [0.5, 0.6) is 0 Å². The monoisotopic (exact) mass is 405 g/mol. The molecule has 2 aromatic carbocycles. The van der Waals surface area contributed by atoms with Gasteiger partial charge in [-0.3, -0.25) is 9.59 Å². The fourth-order valence-corrected chi connectivity index (χ4v) is 3.13. The third kappa shape index (κ3) is 4.04. The van der Waals surface area contributed by atoms with Gasteiger partial charge in [-0.2, -0.15) is 0 Å². The van der Waals surface area contributed by atoms with Gasteiger partial charge in [0.2, 0.25) is 5.78 Å². The maximum absolute atomic E-state index is 12.0. The largest absolute Gasteiger partial charge is 0.457 e. The quantitative estimate of drug-likeness (QED) is 0.349. The fraction of sp³-hybridized carbons (Fsp3) is 0.118. The molecule has 0 bridgehead atoms. The number of nitrogens with zero attached hydrogens (tertiary/aromatic N) is 1. The summed E-state index contributed by atoms with van der Waals surface area (Å²) in [5.41, 5.74) is 1.88. The number of para-hydroxylation sites is 2. The lowest BCUT2D eigenvalue weighted by Gasteiger charge is -2.05. The lowest BCUT2D eigenvalue weighted by Crippen LogP contribution is -2.15. The van der Waals surface area contributed by atoms with Gasteiger partial charge in [0.15, 0.2) is 12.2 Å². The van der Waals surface area contributed by atoms with Crippen molar-refractivity contribution in [3.63, 3.8) is 0 Å². The van der Waals surface area contributed by atoms with Gasteiger partial charge < -0.3 is 9.15 Å². The molecule has 0 spiro atoms. The van der Waals surface area contributed by atoms with Crippen molar-refractivity contribution in [1.82, 2.24) is 4.98 Å². The van der Waals surface area contributed by atoms with Crippen LogP contribution in [0.15, 0.2) is 62.6 Å². The number of rotatable bonds is 6. The van der Waals surface area contributed by atoms with Crippen LogP contribution in [0.4, 0.5) is 0 Å².